The van der Waals surface area contributed by atoms with Gasteiger partial charge in [0, 0.05) is 18.7 Å². The summed E-state index contributed by atoms with van der Waals surface area (Å²) in [7, 11) is 1.91. The highest BCUT2D eigenvalue weighted by Crippen LogP contribution is 2.31. The van der Waals surface area contributed by atoms with Gasteiger partial charge in [0.25, 0.3) is 0 Å². The summed E-state index contributed by atoms with van der Waals surface area (Å²) in [6, 6.07) is 0. The molecule has 0 aromatic carbocycles. The maximum Gasteiger partial charge on any atom is 0.0375 e. The molecular weight excluding hydrogens is 146 g/mol. The van der Waals surface area contributed by atoms with Crippen molar-refractivity contribution in [3.05, 3.63) is 11.6 Å². The molecule has 0 radical (unpaired) electrons. The van der Waals surface area contributed by atoms with Crippen molar-refractivity contribution in [2.24, 2.45) is 10.9 Å². The predicted molar refractivity (Wildman–Crippen MR) is 54.7 cm³/mol. The van der Waals surface area contributed by atoms with Gasteiger partial charge >= 0.3 is 0 Å². The quantitative estimate of drug-likeness (QED) is 0.567. The zero-order chi connectivity index (χ0) is 8.97. The fourth-order valence-corrected chi connectivity index (χ4v) is 1.46. The molecular formula is C11H19N. The maximum atomic E-state index is 4.31. The van der Waals surface area contributed by atoms with Gasteiger partial charge in [-0.3, -0.25) is 4.99 Å². The van der Waals surface area contributed by atoms with E-state index < -0.39 is 0 Å². The van der Waals surface area contributed by atoms with E-state index in [0.717, 1.165) is 5.92 Å². The number of nitrogens with zero attached hydrogens (tertiary/aromatic N) is 1. The van der Waals surface area contributed by atoms with E-state index in [1.165, 1.54) is 37.0 Å². The summed E-state index contributed by atoms with van der Waals surface area (Å²) in [5.74, 6) is 0.793. The number of hydrogen-bond acceptors (Lipinski definition) is 1. The van der Waals surface area contributed by atoms with Crippen molar-refractivity contribution in [1.29, 1.82) is 0 Å². The zero-order valence-corrected chi connectivity index (χ0v) is 8.43. The highest BCUT2D eigenvalue weighted by molar-refractivity contribution is 5.98. The fraction of sp³-hybridized carbons (Fsp3) is 0.727. The van der Waals surface area contributed by atoms with E-state index >= 15 is 0 Å². The van der Waals surface area contributed by atoms with Gasteiger partial charge in [0.15, 0.2) is 0 Å². The van der Waals surface area contributed by atoms with Crippen LogP contribution in [0.25, 0.3) is 0 Å². The molecule has 0 spiro atoms. The van der Waals surface area contributed by atoms with Crippen LogP contribution in [-0.4, -0.2) is 12.8 Å². The van der Waals surface area contributed by atoms with Crippen LogP contribution in [0.1, 0.15) is 39.5 Å². The molecule has 1 aliphatic carbocycles. The van der Waals surface area contributed by atoms with Crippen LogP contribution in [0.5, 0.6) is 0 Å². The van der Waals surface area contributed by atoms with Crippen LogP contribution in [-0.2, 0) is 0 Å². The molecule has 0 N–H and O–H groups in total. The summed E-state index contributed by atoms with van der Waals surface area (Å²) in [6.45, 7) is 4.42. The zero-order valence-electron chi connectivity index (χ0n) is 8.43. The van der Waals surface area contributed by atoms with Crippen LogP contribution < -0.4 is 0 Å². The third-order valence-corrected chi connectivity index (χ3v) is 2.29. The maximum absolute atomic E-state index is 4.31. The second-order valence-electron chi connectivity index (χ2n) is 3.66. The van der Waals surface area contributed by atoms with E-state index in [1.807, 2.05) is 7.05 Å². The van der Waals surface area contributed by atoms with E-state index in [2.05, 4.69) is 24.9 Å². The molecule has 0 saturated heterocycles. The number of allylic oxidation sites excluding steroid dienone is 2. The first kappa shape index (κ1) is 9.50. The van der Waals surface area contributed by atoms with Crippen LogP contribution in [0.4, 0.5) is 0 Å². The fourth-order valence-electron chi connectivity index (χ4n) is 1.46. The lowest BCUT2D eigenvalue weighted by Gasteiger charge is -2.00. The molecule has 1 heteroatoms. The van der Waals surface area contributed by atoms with Crippen molar-refractivity contribution >= 4 is 5.71 Å². The monoisotopic (exact) mass is 165 g/mol. The summed E-state index contributed by atoms with van der Waals surface area (Å²) < 4.78 is 0. The normalized spacial score (nSPS) is 19.9. The molecule has 68 valence electrons. The largest absolute Gasteiger partial charge is 0.293 e. The summed E-state index contributed by atoms with van der Waals surface area (Å²) >= 11 is 0. The average Bonchev–Trinajstić information content (AvgIpc) is 2.83. The lowest BCUT2D eigenvalue weighted by atomic mass is 10.1. The molecule has 0 aromatic rings. The second kappa shape index (κ2) is 4.44. The summed E-state index contributed by atoms with van der Waals surface area (Å²) in [5.41, 5.74) is 2.80. The first-order valence-electron chi connectivity index (χ1n) is 4.91. The first-order valence-corrected chi connectivity index (χ1v) is 4.91. The van der Waals surface area contributed by atoms with Crippen LogP contribution in [0.3, 0.4) is 0 Å². The van der Waals surface area contributed by atoms with Gasteiger partial charge in [0.05, 0.1) is 0 Å². The van der Waals surface area contributed by atoms with Crippen molar-refractivity contribution in [1.82, 2.24) is 0 Å². The third kappa shape index (κ3) is 2.80. The van der Waals surface area contributed by atoms with Gasteiger partial charge in [-0.15, -0.1) is 0 Å². The van der Waals surface area contributed by atoms with Crippen molar-refractivity contribution in [3.8, 4) is 0 Å². The summed E-state index contributed by atoms with van der Waals surface area (Å²) in [5, 5.41) is 0. The molecule has 0 atom stereocenters. The molecule has 1 rings (SSSR count). The molecule has 0 aliphatic heterocycles. The average molecular weight is 165 g/mol. The molecule has 1 fully saturated rings. The Morgan fingerprint density at radius 2 is 2.17 bits per heavy atom. The Morgan fingerprint density at radius 3 is 2.58 bits per heavy atom. The van der Waals surface area contributed by atoms with Crippen molar-refractivity contribution in [2.45, 2.75) is 39.5 Å². The Labute approximate surface area is 75.6 Å². The molecule has 0 bridgehead atoms. The highest BCUT2D eigenvalue weighted by Gasteiger charge is 2.25. The number of hydrogen-bond donors (Lipinski definition) is 0. The lowest BCUT2D eigenvalue weighted by molar-refractivity contribution is 0.905. The van der Waals surface area contributed by atoms with E-state index in [9.17, 15) is 0 Å². The Kier molecular flexibility index (Phi) is 3.51. The third-order valence-electron chi connectivity index (χ3n) is 2.29. The Hall–Kier alpha value is -0.590. The predicted octanol–water partition coefficient (Wildman–Crippen LogP) is 3.21. The van der Waals surface area contributed by atoms with E-state index in [0.29, 0.717) is 0 Å². The minimum absolute atomic E-state index is 0.793. The SMILES string of the molecule is CCC/C(C)=C\C(=NC)C1CC1. The standard InChI is InChI=1S/C11H19N/c1-4-5-9(2)8-11(12-3)10-6-7-10/h8,10H,4-7H2,1-3H3/b9-8-,12-11?. The topological polar surface area (TPSA) is 12.4 Å². The molecule has 0 heterocycles. The smallest absolute Gasteiger partial charge is 0.0375 e. The van der Waals surface area contributed by atoms with Gasteiger partial charge in [-0.05, 0) is 32.3 Å². The summed E-state index contributed by atoms with van der Waals surface area (Å²) in [6.07, 6.45) is 7.43. The van der Waals surface area contributed by atoms with Gasteiger partial charge in [-0.1, -0.05) is 18.9 Å². The molecule has 0 unspecified atom stereocenters. The van der Waals surface area contributed by atoms with Crippen LogP contribution in [0.2, 0.25) is 0 Å². The van der Waals surface area contributed by atoms with Crippen molar-refractivity contribution < 1.29 is 0 Å². The Bertz CT molecular complexity index is 197. The first-order chi connectivity index (χ1) is 5.77. The highest BCUT2D eigenvalue weighted by atomic mass is 14.7. The van der Waals surface area contributed by atoms with Crippen LogP contribution in [0, 0.1) is 5.92 Å². The van der Waals surface area contributed by atoms with E-state index in [1.54, 1.807) is 0 Å². The summed E-state index contributed by atoms with van der Waals surface area (Å²) in [4.78, 5) is 4.31. The second-order valence-corrected chi connectivity index (χ2v) is 3.66. The molecule has 1 saturated carbocycles. The Morgan fingerprint density at radius 1 is 1.50 bits per heavy atom. The molecule has 0 aromatic heterocycles. The molecule has 0 amide bonds. The lowest BCUT2D eigenvalue weighted by Crippen LogP contribution is -1.97. The van der Waals surface area contributed by atoms with E-state index in [-0.39, 0.29) is 0 Å². The van der Waals surface area contributed by atoms with Crippen LogP contribution >= 0.6 is 0 Å². The van der Waals surface area contributed by atoms with Crippen LogP contribution in [0.15, 0.2) is 16.6 Å². The number of aliphatic imine (C=N–C) groups is 1. The molecule has 1 nitrogen and oxygen atoms in total. The molecule has 1 aliphatic rings. The van der Waals surface area contributed by atoms with Crippen molar-refractivity contribution in [3.63, 3.8) is 0 Å². The van der Waals surface area contributed by atoms with Gasteiger partial charge in [-0.25, -0.2) is 0 Å². The molecule has 12 heavy (non-hydrogen) atoms. The van der Waals surface area contributed by atoms with E-state index in [4.69, 9.17) is 0 Å². The van der Waals surface area contributed by atoms with Gasteiger partial charge < -0.3 is 0 Å². The minimum atomic E-state index is 0.793. The minimum Gasteiger partial charge on any atom is -0.293 e. The Balaban J connectivity index is 2.49. The van der Waals surface area contributed by atoms with Gasteiger partial charge in [0.1, 0.15) is 0 Å². The van der Waals surface area contributed by atoms with Crippen molar-refractivity contribution in [2.75, 3.05) is 7.05 Å². The van der Waals surface area contributed by atoms with Gasteiger partial charge in [-0.2, -0.15) is 0 Å². The van der Waals surface area contributed by atoms with Gasteiger partial charge in [0.2, 0.25) is 0 Å². The number of rotatable bonds is 4.